The fourth-order valence-corrected chi connectivity index (χ4v) is 2.58. The Morgan fingerprint density at radius 2 is 1.96 bits per heavy atom. The molecule has 0 aliphatic heterocycles. The molecule has 0 saturated heterocycles. The average molecular weight is 314 g/mol. The molecule has 2 N–H and O–H groups in total. The summed E-state index contributed by atoms with van der Waals surface area (Å²) in [4.78, 5) is 11.9. The van der Waals surface area contributed by atoms with Crippen LogP contribution >= 0.6 is 0 Å². The minimum atomic E-state index is -0.222. The summed E-state index contributed by atoms with van der Waals surface area (Å²) in [6.07, 6.45) is 1.51. The SMILES string of the molecule is Cc1ccccc1C(C)NC(=O)NCCCc1cccc(F)c1. The summed E-state index contributed by atoms with van der Waals surface area (Å²) in [5.74, 6) is -0.222. The largest absolute Gasteiger partial charge is 0.338 e. The summed E-state index contributed by atoms with van der Waals surface area (Å²) in [7, 11) is 0. The van der Waals surface area contributed by atoms with E-state index in [-0.39, 0.29) is 17.9 Å². The van der Waals surface area contributed by atoms with Gasteiger partial charge in [0.25, 0.3) is 0 Å². The predicted molar refractivity (Wildman–Crippen MR) is 90.8 cm³/mol. The van der Waals surface area contributed by atoms with E-state index in [4.69, 9.17) is 0 Å². The predicted octanol–water partition coefficient (Wildman–Crippen LogP) is 4.13. The molecule has 0 aromatic heterocycles. The Balaban J connectivity index is 1.72. The van der Waals surface area contributed by atoms with E-state index in [2.05, 4.69) is 10.6 Å². The second-order valence-corrected chi connectivity index (χ2v) is 5.71. The van der Waals surface area contributed by atoms with Gasteiger partial charge in [-0.2, -0.15) is 0 Å². The zero-order valence-electron chi connectivity index (χ0n) is 13.6. The maximum absolute atomic E-state index is 13.1. The highest BCUT2D eigenvalue weighted by Gasteiger charge is 2.10. The molecule has 23 heavy (non-hydrogen) atoms. The van der Waals surface area contributed by atoms with Crippen LogP contribution in [-0.2, 0) is 6.42 Å². The number of nitrogens with one attached hydrogen (secondary N) is 2. The third-order valence-corrected chi connectivity index (χ3v) is 3.82. The van der Waals surface area contributed by atoms with Gasteiger partial charge in [-0.05, 0) is 55.5 Å². The van der Waals surface area contributed by atoms with Gasteiger partial charge in [-0.1, -0.05) is 36.4 Å². The number of carbonyl (C=O) groups excluding carboxylic acids is 1. The van der Waals surface area contributed by atoms with Crippen LogP contribution in [0, 0.1) is 12.7 Å². The van der Waals surface area contributed by atoms with E-state index in [0.29, 0.717) is 6.54 Å². The molecule has 1 unspecified atom stereocenters. The molecule has 0 heterocycles. The number of hydrogen-bond donors (Lipinski definition) is 2. The van der Waals surface area contributed by atoms with Gasteiger partial charge in [0.2, 0.25) is 0 Å². The van der Waals surface area contributed by atoms with Crippen molar-refractivity contribution in [2.75, 3.05) is 6.54 Å². The van der Waals surface area contributed by atoms with Crippen molar-refractivity contribution in [3.8, 4) is 0 Å². The van der Waals surface area contributed by atoms with E-state index in [1.165, 1.54) is 12.1 Å². The molecule has 2 aromatic carbocycles. The molecule has 2 aromatic rings. The van der Waals surface area contributed by atoms with Crippen molar-refractivity contribution in [2.24, 2.45) is 0 Å². The van der Waals surface area contributed by atoms with E-state index in [0.717, 1.165) is 29.5 Å². The van der Waals surface area contributed by atoms with Crippen molar-refractivity contribution in [3.63, 3.8) is 0 Å². The third-order valence-electron chi connectivity index (χ3n) is 3.82. The molecule has 1 atom stereocenters. The van der Waals surface area contributed by atoms with Crippen LogP contribution in [0.3, 0.4) is 0 Å². The number of amides is 2. The molecule has 2 amide bonds. The summed E-state index contributed by atoms with van der Waals surface area (Å²) in [6.45, 7) is 4.56. The van der Waals surface area contributed by atoms with Crippen LogP contribution in [0.25, 0.3) is 0 Å². The van der Waals surface area contributed by atoms with Gasteiger partial charge >= 0.3 is 6.03 Å². The van der Waals surface area contributed by atoms with Crippen LogP contribution in [0.2, 0.25) is 0 Å². The molecule has 0 radical (unpaired) electrons. The maximum atomic E-state index is 13.1. The summed E-state index contributed by atoms with van der Waals surface area (Å²) >= 11 is 0. The normalized spacial score (nSPS) is 11.8. The van der Waals surface area contributed by atoms with Crippen molar-refractivity contribution in [1.82, 2.24) is 10.6 Å². The van der Waals surface area contributed by atoms with Crippen molar-refractivity contribution >= 4 is 6.03 Å². The molecule has 4 heteroatoms. The molecule has 3 nitrogen and oxygen atoms in total. The zero-order chi connectivity index (χ0) is 16.7. The van der Waals surface area contributed by atoms with Crippen LogP contribution in [0.15, 0.2) is 48.5 Å². The van der Waals surface area contributed by atoms with E-state index in [1.807, 2.05) is 44.2 Å². The second-order valence-electron chi connectivity index (χ2n) is 5.71. The minimum Gasteiger partial charge on any atom is -0.338 e. The van der Waals surface area contributed by atoms with E-state index in [1.54, 1.807) is 6.07 Å². The Morgan fingerprint density at radius 3 is 2.70 bits per heavy atom. The van der Waals surface area contributed by atoms with Crippen LogP contribution in [0.4, 0.5) is 9.18 Å². The van der Waals surface area contributed by atoms with Crippen molar-refractivity contribution in [3.05, 3.63) is 71.0 Å². The van der Waals surface area contributed by atoms with Gasteiger partial charge in [-0.15, -0.1) is 0 Å². The van der Waals surface area contributed by atoms with Gasteiger partial charge in [-0.25, -0.2) is 9.18 Å². The van der Waals surface area contributed by atoms with E-state index < -0.39 is 0 Å². The average Bonchev–Trinajstić information content (AvgIpc) is 2.52. The van der Waals surface area contributed by atoms with Crippen LogP contribution in [-0.4, -0.2) is 12.6 Å². The third kappa shape index (κ3) is 5.40. The van der Waals surface area contributed by atoms with Crippen molar-refractivity contribution in [1.29, 1.82) is 0 Å². The van der Waals surface area contributed by atoms with Crippen LogP contribution in [0.5, 0.6) is 0 Å². The van der Waals surface area contributed by atoms with Gasteiger partial charge in [0.05, 0.1) is 6.04 Å². The Hall–Kier alpha value is -2.36. The first-order valence-corrected chi connectivity index (χ1v) is 7.90. The van der Waals surface area contributed by atoms with Crippen molar-refractivity contribution < 1.29 is 9.18 Å². The molecule has 0 saturated carbocycles. The van der Waals surface area contributed by atoms with Crippen LogP contribution < -0.4 is 10.6 Å². The molecule has 0 spiro atoms. The fourth-order valence-electron chi connectivity index (χ4n) is 2.58. The molecule has 2 rings (SSSR count). The summed E-state index contributed by atoms with van der Waals surface area (Å²) in [6, 6.07) is 14.3. The Bertz CT molecular complexity index is 657. The summed E-state index contributed by atoms with van der Waals surface area (Å²) in [5, 5.41) is 5.78. The lowest BCUT2D eigenvalue weighted by Crippen LogP contribution is -2.37. The lowest BCUT2D eigenvalue weighted by Gasteiger charge is -2.17. The van der Waals surface area contributed by atoms with Gasteiger partial charge in [-0.3, -0.25) is 0 Å². The highest BCUT2D eigenvalue weighted by Crippen LogP contribution is 2.16. The van der Waals surface area contributed by atoms with Crippen LogP contribution in [0.1, 0.15) is 36.1 Å². The second kappa shape index (κ2) is 8.32. The molecular formula is C19H23FN2O. The summed E-state index contributed by atoms with van der Waals surface area (Å²) < 4.78 is 13.1. The number of rotatable bonds is 6. The molecule has 0 aliphatic carbocycles. The van der Waals surface area contributed by atoms with Crippen molar-refractivity contribution in [2.45, 2.75) is 32.7 Å². The fraction of sp³-hybridized carbons (Fsp3) is 0.316. The lowest BCUT2D eigenvalue weighted by molar-refractivity contribution is 0.238. The Morgan fingerprint density at radius 1 is 1.17 bits per heavy atom. The standard InChI is InChI=1S/C19H23FN2O/c1-14-7-3-4-11-18(14)15(2)22-19(23)21-12-6-9-16-8-5-10-17(20)13-16/h3-5,7-8,10-11,13,15H,6,9,12H2,1-2H3,(H2,21,22,23). The number of hydrogen-bond acceptors (Lipinski definition) is 1. The smallest absolute Gasteiger partial charge is 0.315 e. The highest BCUT2D eigenvalue weighted by atomic mass is 19.1. The number of carbonyl (C=O) groups is 1. The first-order chi connectivity index (χ1) is 11.1. The van der Waals surface area contributed by atoms with Gasteiger partial charge in [0, 0.05) is 6.54 Å². The first kappa shape index (κ1) is 17.0. The zero-order valence-corrected chi connectivity index (χ0v) is 13.6. The molecule has 0 fully saturated rings. The Kier molecular flexibility index (Phi) is 6.15. The highest BCUT2D eigenvalue weighted by molar-refractivity contribution is 5.74. The topological polar surface area (TPSA) is 41.1 Å². The monoisotopic (exact) mass is 314 g/mol. The van der Waals surface area contributed by atoms with Gasteiger partial charge in [0.15, 0.2) is 0 Å². The Labute approximate surface area is 136 Å². The quantitative estimate of drug-likeness (QED) is 0.774. The maximum Gasteiger partial charge on any atom is 0.315 e. The first-order valence-electron chi connectivity index (χ1n) is 7.90. The lowest BCUT2D eigenvalue weighted by atomic mass is 10.0. The number of halogens is 1. The minimum absolute atomic E-state index is 0.0422. The molecule has 122 valence electrons. The van der Waals surface area contributed by atoms with Gasteiger partial charge < -0.3 is 10.6 Å². The number of urea groups is 1. The molecule has 0 bridgehead atoms. The van der Waals surface area contributed by atoms with E-state index in [9.17, 15) is 9.18 Å². The molecule has 0 aliphatic rings. The van der Waals surface area contributed by atoms with E-state index >= 15 is 0 Å². The molecular weight excluding hydrogens is 291 g/mol. The number of aryl methyl sites for hydroxylation is 2. The number of benzene rings is 2. The van der Waals surface area contributed by atoms with Gasteiger partial charge in [0.1, 0.15) is 5.82 Å². The summed E-state index contributed by atoms with van der Waals surface area (Å²) in [5.41, 5.74) is 3.22.